The summed E-state index contributed by atoms with van der Waals surface area (Å²) in [4.78, 5) is 13.5. The number of amides is 1. The van der Waals surface area contributed by atoms with E-state index in [1.807, 2.05) is 0 Å². The highest BCUT2D eigenvalue weighted by molar-refractivity contribution is 7.16. The number of carbonyl (C=O) groups is 1. The Hall–Kier alpha value is -1.80. The Balaban J connectivity index is 1.78. The average Bonchev–Trinajstić information content (AvgIpc) is 2.89. The first-order chi connectivity index (χ1) is 12.6. The molecule has 1 heterocycles. The Morgan fingerprint density at radius 1 is 1.19 bits per heavy atom. The highest BCUT2D eigenvalue weighted by atomic mass is 35.5. The number of hydrogen-bond donors (Lipinski definition) is 1. The molecule has 0 radical (unpaired) electrons. The summed E-state index contributed by atoms with van der Waals surface area (Å²) in [6.07, 6.45) is 9.64. The number of benzene rings is 1. The van der Waals surface area contributed by atoms with Crippen molar-refractivity contribution >= 4 is 51.5 Å². The maximum atomic E-state index is 12.3. The standard InChI is InChI=1S/C20H18Cl2N2OS/c21-14-9-7-13(17(22)11-14)8-10-19(25)24-20-16(12-23)15-5-3-1-2-4-6-18(15)26-20/h7-11H,1-6H2,(H,24,25)/b10-8+. The molecule has 0 bridgehead atoms. The molecule has 0 saturated heterocycles. The lowest BCUT2D eigenvalue weighted by molar-refractivity contribution is -0.111. The third kappa shape index (κ3) is 4.48. The van der Waals surface area contributed by atoms with Gasteiger partial charge >= 0.3 is 0 Å². The van der Waals surface area contributed by atoms with Crippen molar-refractivity contribution in [1.82, 2.24) is 0 Å². The van der Waals surface area contributed by atoms with Crippen LogP contribution in [-0.4, -0.2) is 5.91 Å². The second-order valence-corrected chi connectivity index (χ2v) is 8.17. The normalized spacial score (nSPS) is 14.3. The lowest BCUT2D eigenvalue weighted by atomic mass is 9.97. The predicted molar refractivity (Wildman–Crippen MR) is 109 cm³/mol. The first-order valence-electron chi connectivity index (χ1n) is 8.57. The van der Waals surface area contributed by atoms with E-state index in [2.05, 4.69) is 11.4 Å². The molecule has 0 atom stereocenters. The number of thiophene rings is 1. The fourth-order valence-corrected chi connectivity index (χ4v) is 4.80. The maximum Gasteiger partial charge on any atom is 0.249 e. The Morgan fingerprint density at radius 2 is 1.96 bits per heavy atom. The topological polar surface area (TPSA) is 52.9 Å². The van der Waals surface area contributed by atoms with Crippen LogP contribution in [0.1, 0.15) is 47.3 Å². The third-order valence-electron chi connectivity index (χ3n) is 4.40. The molecule has 1 aliphatic carbocycles. The number of halogens is 2. The molecule has 0 fully saturated rings. The number of aryl methyl sites for hydroxylation is 1. The molecule has 1 N–H and O–H groups in total. The summed E-state index contributed by atoms with van der Waals surface area (Å²) in [5.41, 5.74) is 2.46. The summed E-state index contributed by atoms with van der Waals surface area (Å²) in [5.74, 6) is -0.276. The van der Waals surface area contributed by atoms with E-state index >= 15 is 0 Å². The molecule has 2 aromatic rings. The first-order valence-corrected chi connectivity index (χ1v) is 10.1. The minimum absolute atomic E-state index is 0.276. The van der Waals surface area contributed by atoms with E-state index in [4.69, 9.17) is 23.2 Å². The van der Waals surface area contributed by atoms with Crippen molar-refractivity contribution in [3.05, 3.63) is 55.9 Å². The second kappa shape index (κ2) is 8.73. The average molecular weight is 405 g/mol. The lowest BCUT2D eigenvalue weighted by Gasteiger charge is -2.08. The Bertz CT molecular complexity index is 896. The quantitative estimate of drug-likeness (QED) is 0.615. The molecule has 1 amide bonds. The molecule has 134 valence electrons. The summed E-state index contributed by atoms with van der Waals surface area (Å²) >= 11 is 13.5. The summed E-state index contributed by atoms with van der Waals surface area (Å²) < 4.78 is 0. The molecule has 3 rings (SSSR count). The van der Waals surface area contributed by atoms with E-state index in [0.29, 0.717) is 26.2 Å². The Morgan fingerprint density at radius 3 is 2.69 bits per heavy atom. The molecule has 26 heavy (non-hydrogen) atoms. The van der Waals surface area contributed by atoms with Crippen LogP contribution in [0.25, 0.3) is 6.08 Å². The van der Waals surface area contributed by atoms with Crippen molar-refractivity contribution in [2.24, 2.45) is 0 Å². The molecule has 0 saturated carbocycles. The zero-order valence-electron chi connectivity index (χ0n) is 14.1. The predicted octanol–water partition coefficient (Wildman–Crippen LogP) is 6.24. The first kappa shape index (κ1) is 19.0. The maximum absolute atomic E-state index is 12.3. The monoisotopic (exact) mass is 404 g/mol. The summed E-state index contributed by atoms with van der Waals surface area (Å²) in [6, 6.07) is 7.39. The molecule has 0 aliphatic heterocycles. The van der Waals surface area contributed by atoms with Gasteiger partial charge in [-0.25, -0.2) is 0 Å². The van der Waals surface area contributed by atoms with Gasteiger partial charge in [0.25, 0.3) is 0 Å². The number of anilines is 1. The van der Waals surface area contributed by atoms with Crippen LogP contribution < -0.4 is 5.32 Å². The van der Waals surface area contributed by atoms with E-state index < -0.39 is 0 Å². The van der Waals surface area contributed by atoms with Crippen molar-refractivity contribution in [2.45, 2.75) is 38.5 Å². The van der Waals surface area contributed by atoms with Gasteiger partial charge in [0.1, 0.15) is 11.1 Å². The molecule has 6 heteroatoms. The number of nitrogens with one attached hydrogen (secondary N) is 1. The third-order valence-corrected chi connectivity index (χ3v) is 6.17. The number of carbonyl (C=O) groups excluding carboxylic acids is 1. The van der Waals surface area contributed by atoms with Gasteiger partial charge in [-0.2, -0.15) is 5.26 Å². The van der Waals surface area contributed by atoms with Crippen LogP contribution in [0.4, 0.5) is 5.00 Å². The zero-order chi connectivity index (χ0) is 18.5. The fourth-order valence-electron chi connectivity index (χ4n) is 3.08. The van der Waals surface area contributed by atoms with Gasteiger partial charge in [0, 0.05) is 21.0 Å². The zero-order valence-corrected chi connectivity index (χ0v) is 16.5. The van der Waals surface area contributed by atoms with Gasteiger partial charge < -0.3 is 5.32 Å². The SMILES string of the molecule is N#Cc1c(NC(=O)/C=C/c2ccc(Cl)cc2Cl)sc2c1CCCCCC2. The van der Waals surface area contributed by atoms with Gasteiger partial charge in [-0.15, -0.1) is 11.3 Å². The van der Waals surface area contributed by atoms with Crippen LogP contribution in [0.3, 0.4) is 0 Å². The molecular formula is C20H18Cl2N2OS. The van der Waals surface area contributed by atoms with Crippen LogP contribution in [0.15, 0.2) is 24.3 Å². The van der Waals surface area contributed by atoms with Crippen molar-refractivity contribution < 1.29 is 4.79 Å². The minimum Gasteiger partial charge on any atom is -0.313 e. The van der Waals surface area contributed by atoms with Gasteiger partial charge in [-0.3, -0.25) is 4.79 Å². The Labute approximate surface area is 167 Å². The van der Waals surface area contributed by atoms with Crippen molar-refractivity contribution in [1.29, 1.82) is 5.26 Å². The second-order valence-electron chi connectivity index (χ2n) is 6.22. The molecule has 0 spiro atoms. The van der Waals surface area contributed by atoms with E-state index in [1.54, 1.807) is 24.3 Å². The molecule has 1 aromatic heterocycles. The number of nitrogens with zero attached hydrogens (tertiary/aromatic N) is 1. The van der Waals surface area contributed by atoms with Crippen LogP contribution in [0.2, 0.25) is 10.0 Å². The van der Waals surface area contributed by atoms with Crippen molar-refractivity contribution in [3.8, 4) is 6.07 Å². The van der Waals surface area contributed by atoms with E-state index in [0.717, 1.165) is 31.2 Å². The van der Waals surface area contributed by atoms with Crippen LogP contribution in [-0.2, 0) is 17.6 Å². The van der Waals surface area contributed by atoms with Gasteiger partial charge in [0.2, 0.25) is 5.91 Å². The van der Waals surface area contributed by atoms with E-state index in [-0.39, 0.29) is 5.91 Å². The van der Waals surface area contributed by atoms with Crippen LogP contribution in [0, 0.1) is 11.3 Å². The van der Waals surface area contributed by atoms with Crippen LogP contribution in [0.5, 0.6) is 0 Å². The summed E-state index contributed by atoms with van der Waals surface area (Å²) in [5, 5.41) is 14.1. The number of nitriles is 1. The van der Waals surface area contributed by atoms with Crippen molar-refractivity contribution in [2.75, 3.05) is 5.32 Å². The Kier molecular flexibility index (Phi) is 6.37. The number of rotatable bonds is 3. The molecule has 3 nitrogen and oxygen atoms in total. The van der Waals surface area contributed by atoms with Gasteiger partial charge in [-0.05, 0) is 55.0 Å². The van der Waals surface area contributed by atoms with Crippen LogP contribution >= 0.6 is 34.5 Å². The largest absolute Gasteiger partial charge is 0.313 e. The van der Waals surface area contributed by atoms with Gasteiger partial charge in [0.05, 0.1) is 5.56 Å². The number of hydrogen-bond acceptors (Lipinski definition) is 3. The summed E-state index contributed by atoms with van der Waals surface area (Å²) in [7, 11) is 0. The smallest absolute Gasteiger partial charge is 0.249 e. The minimum atomic E-state index is -0.276. The summed E-state index contributed by atoms with van der Waals surface area (Å²) in [6.45, 7) is 0. The van der Waals surface area contributed by atoms with Gasteiger partial charge in [-0.1, -0.05) is 42.1 Å². The molecule has 1 aliphatic rings. The highest BCUT2D eigenvalue weighted by Crippen LogP contribution is 2.36. The molecular weight excluding hydrogens is 387 g/mol. The lowest BCUT2D eigenvalue weighted by Crippen LogP contribution is -2.07. The van der Waals surface area contributed by atoms with Crippen molar-refractivity contribution in [3.63, 3.8) is 0 Å². The van der Waals surface area contributed by atoms with Gasteiger partial charge in [0.15, 0.2) is 0 Å². The van der Waals surface area contributed by atoms with E-state index in [9.17, 15) is 10.1 Å². The molecule has 1 aromatic carbocycles. The van der Waals surface area contributed by atoms with E-state index in [1.165, 1.54) is 35.1 Å². The molecule has 0 unspecified atom stereocenters. The number of fused-ring (bicyclic) bond motifs is 1. The fraction of sp³-hybridized carbons (Fsp3) is 0.300. The highest BCUT2D eigenvalue weighted by Gasteiger charge is 2.19.